The van der Waals surface area contributed by atoms with Gasteiger partial charge in [-0.3, -0.25) is 0 Å². The second-order valence-electron chi connectivity index (χ2n) is 0. The van der Waals surface area contributed by atoms with E-state index in [-0.39, 0.29) is 66.2 Å². The molecule has 0 aromatic carbocycles. The van der Waals surface area contributed by atoms with Gasteiger partial charge in [-0.15, -0.1) is 0 Å². The first-order chi connectivity index (χ1) is 0. The van der Waals surface area contributed by atoms with Gasteiger partial charge in [0.2, 0.25) is 0 Å². The van der Waals surface area contributed by atoms with Crippen LogP contribution in [-0.2, 0) is 60.1 Å². The molecule has 0 bridgehead atoms. The molecule has 0 atom stereocenters. The molecule has 3 N–H and O–H groups in total. The molecule has 0 heterocycles. The van der Waals surface area contributed by atoms with Gasteiger partial charge in [0, 0.05) is 60.1 Å². The Morgan fingerprint density at radius 2 is 1.00 bits per heavy atom. The molecule has 0 unspecified atom stereocenters. The van der Waals surface area contributed by atoms with Gasteiger partial charge in [-0.1, -0.05) is 0 Å². The summed E-state index contributed by atoms with van der Waals surface area (Å²) >= 11 is 0. The van der Waals surface area contributed by atoms with Crippen LogP contribution in [0, 0.1) is 0 Å². The topological polar surface area (TPSA) is 35.0 Å². The molecule has 0 aromatic heterocycles. The molecule has 1 radical (unpaired) electrons. The van der Waals surface area contributed by atoms with E-state index in [4.69, 9.17) is 0 Å². The molecule has 4 heavy (non-hydrogen) atoms. The van der Waals surface area contributed by atoms with Gasteiger partial charge < -0.3 is 6.15 Å². The summed E-state index contributed by atoms with van der Waals surface area (Å²) < 4.78 is 0. The van der Waals surface area contributed by atoms with E-state index in [0.29, 0.717) is 0 Å². The molecule has 0 rings (SSSR count). The average Bonchev–Trinajstić information content (AvgIpc) is 0. The number of rotatable bonds is 0. The van der Waals surface area contributed by atoms with Crippen molar-refractivity contribution in [3.05, 3.63) is 0 Å². The first kappa shape index (κ1) is 39.8. The average molecular weight is 223 g/mol. The fourth-order valence-electron chi connectivity index (χ4n) is 0. The molecule has 29 valence electrons. The van der Waals surface area contributed by atoms with E-state index in [9.17, 15) is 0 Å². The van der Waals surface area contributed by atoms with Crippen molar-refractivity contribution in [1.29, 1.82) is 0 Å². The Morgan fingerprint density at radius 3 is 1.00 bits per heavy atom. The quantitative estimate of drug-likeness (QED) is 0.583. The van der Waals surface area contributed by atoms with Gasteiger partial charge in [0.1, 0.15) is 0 Å². The minimum Gasteiger partial charge on any atom is -0.344 e. The third kappa shape index (κ3) is 9.12. The standard InChI is InChI=1S/Co.Fe.H3N.Zr/h;;1H3;. The maximum Gasteiger partial charge on any atom is 0 e. The summed E-state index contributed by atoms with van der Waals surface area (Å²) in [5.41, 5.74) is 0. The smallest absolute Gasteiger partial charge is 0 e. The summed E-state index contributed by atoms with van der Waals surface area (Å²) in [5, 5.41) is 0. The van der Waals surface area contributed by atoms with E-state index in [1.165, 1.54) is 0 Å². The Bertz CT molecular complexity index is 8.00. The Hall–Kier alpha value is 1.87. The van der Waals surface area contributed by atoms with Crippen LogP contribution in [0.1, 0.15) is 0 Å². The van der Waals surface area contributed by atoms with Crippen molar-refractivity contribution in [1.82, 2.24) is 6.15 Å². The molecule has 1 nitrogen and oxygen atoms in total. The van der Waals surface area contributed by atoms with Crippen LogP contribution in [0.5, 0.6) is 0 Å². The molecular weight excluding hydrogens is 220 g/mol. The van der Waals surface area contributed by atoms with Crippen LogP contribution in [0.2, 0.25) is 0 Å². The van der Waals surface area contributed by atoms with Crippen LogP contribution >= 0.6 is 0 Å². The van der Waals surface area contributed by atoms with E-state index in [2.05, 4.69) is 0 Å². The van der Waals surface area contributed by atoms with Crippen molar-refractivity contribution in [3.63, 3.8) is 0 Å². The summed E-state index contributed by atoms with van der Waals surface area (Å²) in [7, 11) is 0. The van der Waals surface area contributed by atoms with Crippen LogP contribution in [0.3, 0.4) is 0 Å². The normalized spacial score (nSPS) is 0. The summed E-state index contributed by atoms with van der Waals surface area (Å²) in [6.07, 6.45) is 0. The molecule has 0 aliphatic carbocycles. The summed E-state index contributed by atoms with van der Waals surface area (Å²) in [4.78, 5) is 0. The van der Waals surface area contributed by atoms with Crippen LogP contribution in [-0.4, -0.2) is 0 Å². The fourth-order valence-corrected chi connectivity index (χ4v) is 0. The SMILES string of the molecule is N.[Co].[Fe].[Zr]. The van der Waals surface area contributed by atoms with Gasteiger partial charge in [0.25, 0.3) is 0 Å². The fraction of sp³-hybridized carbons (Fsp3) is 0. The van der Waals surface area contributed by atoms with Crippen LogP contribution in [0.15, 0.2) is 0 Å². The van der Waals surface area contributed by atoms with E-state index >= 15 is 0 Å². The predicted octanol–water partition coefficient (Wildman–Crippen LogP) is 0.154. The monoisotopic (exact) mass is 222 g/mol. The van der Waals surface area contributed by atoms with Crippen LogP contribution in [0.4, 0.5) is 0 Å². The Balaban J connectivity index is 0. The van der Waals surface area contributed by atoms with Gasteiger partial charge in [-0.2, -0.15) is 0 Å². The molecule has 0 saturated heterocycles. The van der Waals surface area contributed by atoms with Crippen LogP contribution < -0.4 is 6.15 Å². The summed E-state index contributed by atoms with van der Waals surface area (Å²) in [6.45, 7) is 0. The molecule has 4 heteroatoms. The second-order valence-corrected chi connectivity index (χ2v) is 0. The molecule has 0 spiro atoms. The Morgan fingerprint density at radius 1 is 1.00 bits per heavy atom. The zero-order chi connectivity index (χ0) is 0. The van der Waals surface area contributed by atoms with Crippen molar-refractivity contribution in [2.75, 3.05) is 0 Å². The zero-order valence-electron chi connectivity index (χ0n) is 1.89. The van der Waals surface area contributed by atoms with Gasteiger partial charge in [-0.25, -0.2) is 0 Å². The Labute approximate surface area is 65.7 Å². The van der Waals surface area contributed by atoms with Gasteiger partial charge >= 0.3 is 0 Å². The molecular formula is H3CoFeNZr. The zero-order valence-corrected chi connectivity index (χ0v) is 6.50. The van der Waals surface area contributed by atoms with E-state index < -0.39 is 0 Å². The Kier molecular flexibility index (Phi) is 208. The first-order valence-electron chi connectivity index (χ1n) is 0. The molecule has 0 amide bonds. The van der Waals surface area contributed by atoms with Crippen molar-refractivity contribution < 1.29 is 60.1 Å². The van der Waals surface area contributed by atoms with Gasteiger partial charge in [0.15, 0.2) is 0 Å². The summed E-state index contributed by atoms with van der Waals surface area (Å²) in [6, 6.07) is 0. The molecule has 0 fully saturated rings. The van der Waals surface area contributed by atoms with E-state index in [1.807, 2.05) is 0 Å². The molecule has 0 aliphatic heterocycles. The van der Waals surface area contributed by atoms with Gasteiger partial charge in [-0.05, 0) is 0 Å². The largest absolute Gasteiger partial charge is 0.344 e. The summed E-state index contributed by atoms with van der Waals surface area (Å²) in [5.74, 6) is 0. The van der Waals surface area contributed by atoms with Crippen molar-refractivity contribution in [2.24, 2.45) is 0 Å². The third-order valence-corrected chi connectivity index (χ3v) is 0. The van der Waals surface area contributed by atoms with Crippen molar-refractivity contribution >= 4 is 0 Å². The van der Waals surface area contributed by atoms with Gasteiger partial charge in [0.05, 0.1) is 0 Å². The minimum atomic E-state index is 0. The minimum absolute atomic E-state index is 0. The molecule has 0 saturated carbocycles. The second kappa shape index (κ2) is 20.9. The maximum atomic E-state index is 0. The maximum absolute atomic E-state index is 0. The first-order valence-corrected chi connectivity index (χ1v) is 0. The molecule has 0 aliphatic rings. The third-order valence-electron chi connectivity index (χ3n) is 0. The van der Waals surface area contributed by atoms with Crippen LogP contribution in [0.25, 0.3) is 0 Å². The van der Waals surface area contributed by atoms with E-state index in [1.54, 1.807) is 0 Å². The van der Waals surface area contributed by atoms with E-state index in [0.717, 1.165) is 0 Å². The molecule has 0 aromatic rings. The predicted molar refractivity (Wildman–Crippen MR) is 5.02 cm³/mol. The number of hydrogen-bond acceptors (Lipinski definition) is 1. The van der Waals surface area contributed by atoms with Crippen molar-refractivity contribution in [2.45, 2.75) is 0 Å². The number of hydrogen-bond donors (Lipinski definition) is 1. The van der Waals surface area contributed by atoms with Crippen molar-refractivity contribution in [3.8, 4) is 0 Å².